The van der Waals surface area contributed by atoms with E-state index in [1.807, 2.05) is 0 Å². The van der Waals surface area contributed by atoms with Crippen LogP contribution in [0.4, 0.5) is 8.78 Å². The molecule has 0 saturated heterocycles. The number of hydrogen-bond donors (Lipinski definition) is 1. The fourth-order valence-corrected chi connectivity index (χ4v) is 2.20. The maximum atomic E-state index is 12.3. The molecule has 7 nitrogen and oxygen atoms in total. The maximum Gasteiger partial charge on any atom is 0.387 e. The highest BCUT2D eigenvalue weighted by Crippen LogP contribution is 2.29. The number of nitrogens with one attached hydrogen (secondary N) is 1. The van der Waals surface area contributed by atoms with E-state index in [1.54, 1.807) is 31.4 Å². The molecule has 0 heterocycles. The Bertz CT molecular complexity index is 811. The number of amides is 1. The van der Waals surface area contributed by atoms with Crippen molar-refractivity contribution in [3.63, 3.8) is 0 Å². The summed E-state index contributed by atoms with van der Waals surface area (Å²) in [5.41, 5.74) is 0.876. The molecule has 0 atom stereocenters. The van der Waals surface area contributed by atoms with Gasteiger partial charge in [-0.05, 0) is 35.9 Å². The molecule has 1 amide bonds. The third-order valence-corrected chi connectivity index (χ3v) is 3.60. The van der Waals surface area contributed by atoms with Crippen molar-refractivity contribution in [2.45, 2.75) is 13.2 Å². The van der Waals surface area contributed by atoms with Crippen LogP contribution in [-0.4, -0.2) is 39.3 Å². The molecule has 28 heavy (non-hydrogen) atoms. The van der Waals surface area contributed by atoms with Crippen LogP contribution in [0.5, 0.6) is 17.2 Å². The first-order chi connectivity index (χ1) is 13.4. The smallest absolute Gasteiger partial charge is 0.387 e. The maximum absolute atomic E-state index is 12.3. The highest BCUT2D eigenvalue weighted by atomic mass is 19.3. The van der Waals surface area contributed by atoms with Gasteiger partial charge in [-0.25, -0.2) is 4.79 Å². The van der Waals surface area contributed by atoms with E-state index in [2.05, 4.69) is 10.1 Å². The second-order valence-electron chi connectivity index (χ2n) is 5.45. The van der Waals surface area contributed by atoms with Crippen LogP contribution in [0, 0.1) is 0 Å². The third kappa shape index (κ3) is 6.11. The van der Waals surface area contributed by atoms with Gasteiger partial charge >= 0.3 is 12.6 Å². The standard InChI is InChI=1S/C19H19F2NO6/c1-25-14-6-3-12(4-7-14)10-22-17(23)11-27-18(24)13-5-8-15(28-19(20)21)16(9-13)26-2/h3-9,19H,10-11H2,1-2H3,(H,22,23). The first-order valence-electron chi connectivity index (χ1n) is 8.12. The first kappa shape index (κ1) is 20.9. The van der Waals surface area contributed by atoms with Gasteiger partial charge in [0.25, 0.3) is 5.91 Å². The molecule has 2 rings (SSSR count). The van der Waals surface area contributed by atoms with Crippen LogP contribution in [0.2, 0.25) is 0 Å². The average molecular weight is 395 g/mol. The fraction of sp³-hybridized carbons (Fsp3) is 0.263. The Morgan fingerprint density at radius 1 is 1.00 bits per heavy atom. The lowest BCUT2D eigenvalue weighted by Crippen LogP contribution is -2.28. The van der Waals surface area contributed by atoms with E-state index in [0.29, 0.717) is 5.75 Å². The molecule has 0 bridgehead atoms. The van der Waals surface area contributed by atoms with Crippen molar-refractivity contribution in [2.24, 2.45) is 0 Å². The van der Waals surface area contributed by atoms with E-state index in [0.717, 1.165) is 11.6 Å². The molecule has 0 radical (unpaired) electrons. The lowest BCUT2D eigenvalue weighted by Gasteiger charge is -2.11. The number of esters is 1. The van der Waals surface area contributed by atoms with Gasteiger partial charge in [-0.15, -0.1) is 0 Å². The number of rotatable bonds is 9. The predicted octanol–water partition coefficient (Wildman–Crippen LogP) is 2.78. The number of ether oxygens (including phenoxy) is 4. The predicted molar refractivity (Wildman–Crippen MR) is 94.7 cm³/mol. The Morgan fingerprint density at radius 3 is 2.32 bits per heavy atom. The fourth-order valence-electron chi connectivity index (χ4n) is 2.20. The highest BCUT2D eigenvalue weighted by Gasteiger charge is 2.16. The number of methoxy groups -OCH3 is 2. The summed E-state index contributed by atoms with van der Waals surface area (Å²) in [7, 11) is 2.80. The second kappa shape index (κ2) is 10.1. The molecule has 0 aliphatic carbocycles. The van der Waals surface area contributed by atoms with E-state index < -0.39 is 25.1 Å². The molecule has 0 aromatic heterocycles. The van der Waals surface area contributed by atoms with Crippen molar-refractivity contribution in [1.82, 2.24) is 5.32 Å². The second-order valence-corrected chi connectivity index (χ2v) is 5.45. The Labute approximate surface area is 160 Å². The van der Waals surface area contributed by atoms with Gasteiger partial charge in [0.2, 0.25) is 0 Å². The quantitative estimate of drug-likeness (QED) is 0.658. The zero-order chi connectivity index (χ0) is 20.5. The topological polar surface area (TPSA) is 83.1 Å². The van der Waals surface area contributed by atoms with Crippen molar-refractivity contribution >= 4 is 11.9 Å². The lowest BCUT2D eigenvalue weighted by atomic mass is 10.2. The van der Waals surface area contributed by atoms with Crippen LogP contribution >= 0.6 is 0 Å². The SMILES string of the molecule is COc1ccc(CNC(=O)COC(=O)c2ccc(OC(F)F)c(OC)c2)cc1. The summed E-state index contributed by atoms with van der Waals surface area (Å²) in [6, 6.07) is 10.7. The molecule has 2 aromatic carbocycles. The normalized spacial score (nSPS) is 10.3. The van der Waals surface area contributed by atoms with Gasteiger partial charge in [0.15, 0.2) is 18.1 Å². The molecule has 0 fully saturated rings. The monoisotopic (exact) mass is 395 g/mol. The van der Waals surface area contributed by atoms with Crippen molar-refractivity contribution < 1.29 is 37.3 Å². The van der Waals surface area contributed by atoms with Gasteiger partial charge in [-0.3, -0.25) is 4.79 Å². The largest absolute Gasteiger partial charge is 0.497 e. The van der Waals surface area contributed by atoms with Crippen LogP contribution < -0.4 is 19.5 Å². The molecular formula is C19H19F2NO6. The zero-order valence-corrected chi connectivity index (χ0v) is 15.2. The minimum absolute atomic E-state index is 0.0291. The minimum Gasteiger partial charge on any atom is -0.497 e. The molecule has 0 aliphatic rings. The van der Waals surface area contributed by atoms with Gasteiger partial charge < -0.3 is 24.3 Å². The van der Waals surface area contributed by atoms with Crippen LogP contribution in [0.1, 0.15) is 15.9 Å². The minimum atomic E-state index is -3.03. The third-order valence-electron chi connectivity index (χ3n) is 3.60. The van der Waals surface area contributed by atoms with E-state index in [9.17, 15) is 18.4 Å². The van der Waals surface area contributed by atoms with Gasteiger partial charge in [0, 0.05) is 6.54 Å². The molecule has 1 N–H and O–H groups in total. The van der Waals surface area contributed by atoms with Gasteiger partial charge in [0.1, 0.15) is 5.75 Å². The van der Waals surface area contributed by atoms with E-state index in [1.165, 1.54) is 19.2 Å². The van der Waals surface area contributed by atoms with Gasteiger partial charge in [-0.1, -0.05) is 12.1 Å². The Balaban J connectivity index is 1.85. The lowest BCUT2D eigenvalue weighted by molar-refractivity contribution is -0.124. The van der Waals surface area contributed by atoms with Crippen LogP contribution in [0.15, 0.2) is 42.5 Å². The molecule has 0 spiro atoms. The number of carbonyl (C=O) groups excluding carboxylic acids is 2. The molecule has 0 aliphatic heterocycles. The number of alkyl halides is 2. The Hall–Kier alpha value is -3.36. The van der Waals surface area contributed by atoms with Crippen LogP contribution in [0.25, 0.3) is 0 Å². The molecule has 0 unspecified atom stereocenters. The van der Waals surface area contributed by atoms with Crippen LogP contribution in [0.3, 0.4) is 0 Å². The molecule has 150 valence electrons. The summed E-state index contributed by atoms with van der Waals surface area (Å²) >= 11 is 0. The molecule has 0 saturated carbocycles. The average Bonchev–Trinajstić information content (AvgIpc) is 2.70. The number of hydrogen-bond acceptors (Lipinski definition) is 6. The van der Waals surface area contributed by atoms with Crippen molar-refractivity contribution in [3.8, 4) is 17.2 Å². The summed E-state index contributed by atoms with van der Waals surface area (Å²) in [4.78, 5) is 23.9. The van der Waals surface area contributed by atoms with Crippen molar-refractivity contribution in [2.75, 3.05) is 20.8 Å². The first-order valence-corrected chi connectivity index (χ1v) is 8.12. The Morgan fingerprint density at radius 2 is 1.71 bits per heavy atom. The molecule has 2 aromatic rings. The molecular weight excluding hydrogens is 376 g/mol. The number of benzene rings is 2. The Kier molecular flexibility index (Phi) is 7.55. The molecule has 9 heteroatoms. The van der Waals surface area contributed by atoms with E-state index in [-0.39, 0.29) is 23.6 Å². The summed E-state index contributed by atoms with van der Waals surface area (Å²) in [5, 5.41) is 2.61. The summed E-state index contributed by atoms with van der Waals surface area (Å²) in [6.07, 6.45) is 0. The highest BCUT2D eigenvalue weighted by molar-refractivity contribution is 5.92. The van der Waals surface area contributed by atoms with E-state index in [4.69, 9.17) is 14.2 Å². The summed E-state index contributed by atoms with van der Waals surface area (Å²) < 4.78 is 43.8. The zero-order valence-electron chi connectivity index (χ0n) is 15.2. The summed E-state index contributed by atoms with van der Waals surface area (Å²) in [5.74, 6) is -0.871. The van der Waals surface area contributed by atoms with Gasteiger partial charge in [0.05, 0.1) is 19.8 Å². The number of carbonyl (C=O) groups is 2. The van der Waals surface area contributed by atoms with Crippen molar-refractivity contribution in [1.29, 1.82) is 0 Å². The van der Waals surface area contributed by atoms with Crippen molar-refractivity contribution in [3.05, 3.63) is 53.6 Å². The number of halogens is 2. The summed E-state index contributed by atoms with van der Waals surface area (Å²) in [6.45, 7) is -3.26. The van der Waals surface area contributed by atoms with Crippen LogP contribution in [-0.2, 0) is 16.1 Å². The van der Waals surface area contributed by atoms with E-state index >= 15 is 0 Å². The van der Waals surface area contributed by atoms with Gasteiger partial charge in [-0.2, -0.15) is 8.78 Å².